The maximum absolute atomic E-state index is 13.6. The molecule has 1 aromatic heterocycles. The smallest absolute Gasteiger partial charge is 0.410 e. The number of amides is 3. The van der Waals surface area contributed by atoms with Crippen LogP contribution in [0.2, 0.25) is 0 Å². The summed E-state index contributed by atoms with van der Waals surface area (Å²) < 4.78 is 10.7. The molecule has 1 saturated heterocycles. The summed E-state index contributed by atoms with van der Waals surface area (Å²) in [6, 6.07) is 14.1. The maximum Gasteiger partial charge on any atom is 0.410 e. The molecule has 2 fully saturated rings. The van der Waals surface area contributed by atoms with Crippen LogP contribution in [-0.2, 0) is 9.57 Å². The number of nitrogens with zero attached hydrogens (tertiary/aromatic N) is 5. The molecule has 0 unspecified atom stereocenters. The summed E-state index contributed by atoms with van der Waals surface area (Å²) in [4.78, 5) is 57.2. The number of aromatic nitrogens is 2. The van der Waals surface area contributed by atoms with Gasteiger partial charge in [0.2, 0.25) is 0 Å². The van der Waals surface area contributed by atoms with Crippen molar-refractivity contribution >= 4 is 23.6 Å². The third-order valence-electron chi connectivity index (χ3n) is 7.65. The molecule has 0 atom stereocenters. The molecular formula is C33H39N5O6. The third-order valence-corrected chi connectivity index (χ3v) is 7.65. The van der Waals surface area contributed by atoms with E-state index in [1.807, 2.05) is 25.7 Å². The van der Waals surface area contributed by atoms with Crippen molar-refractivity contribution in [3.8, 4) is 17.1 Å². The minimum atomic E-state index is -0.543. The van der Waals surface area contributed by atoms with Crippen molar-refractivity contribution in [1.29, 1.82) is 0 Å². The molecular weight excluding hydrogens is 562 g/mol. The number of likely N-dealkylation sites (tertiary alicyclic amines) is 1. The molecule has 0 radical (unpaired) electrons. The van der Waals surface area contributed by atoms with Gasteiger partial charge in [-0.05, 0) is 82.9 Å². The lowest BCUT2D eigenvalue weighted by Gasteiger charge is -2.39. The Hall–Kier alpha value is -4.51. The van der Waals surface area contributed by atoms with E-state index in [0.717, 1.165) is 12.8 Å². The second kappa shape index (κ2) is 13.0. The number of rotatable bonds is 8. The van der Waals surface area contributed by atoms with Crippen molar-refractivity contribution in [1.82, 2.24) is 19.8 Å². The van der Waals surface area contributed by atoms with Crippen LogP contribution < -0.4 is 9.80 Å². The fourth-order valence-electron chi connectivity index (χ4n) is 5.27. The van der Waals surface area contributed by atoms with Gasteiger partial charge in [-0.15, -0.1) is 0 Å². The predicted molar refractivity (Wildman–Crippen MR) is 164 cm³/mol. The number of carbonyl (C=O) groups excluding carboxylic acids is 3. The van der Waals surface area contributed by atoms with Crippen LogP contribution in [0.5, 0.6) is 5.75 Å². The quantitative estimate of drug-likeness (QED) is 0.317. The van der Waals surface area contributed by atoms with E-state index in [1.165, 1.54) is 12.2 Å². The fraction of sp³-hybridized carbons (Fsp3) is 0.424. The molecule has 5 rings (SSSR count). The SMILES string of the molecule is COc1ccc(N(OC)C(=O)c2ccc(-c3ncc(C(=O)N(C4CC4)C4CCN(C(=O)OC(C)(C)C)CC4)cn3)cc2)cc1. The number of hydrogen-bond acceptors (Lipinski definition) is 8. The number of methoxy groups -OCH3 is 1. The monoisotopic (exact) mass is 601 g/mol. The van der Waals surface area contributed by atoms with Crippen molar-refractivity contribution in [2.45, 2.75) is 64.1 Å². The molecule has 1 aliphatic carbocycles. The number of ether oxygens (including phenoxy) is 2. The highest BCUT2D eigenvalue weighted by Gasteiger charge is 2.40. The van der Waals surface area contributed by atoms with Crippen LogP contribution in [0, 0.1) is 0 Å². The highest BCUT2D eigenvalue weighted by molar-refractivity contribution is 6.05. The van der Waals surface area contributed by atoms with E-state index in [-0.39, 0.29) is 30.0 Å². The first kappa shape index (κ1) is 30.9. The predicted octanol–water partition coefficient (Wildman–Crippen LogP) is 5.36. The van der Waals surface area contributed by atoms with Crippen molar-refractivity contribution in [3.05, 3.63) is 72.1 Å². The number of carbonyl (C=O) groups is 3. The van der Waals surface area contributed by atoms with Crippen LogP contribution >= 0.6 is 0 Å². The fourth-order valence-corrected chi connectivity index (χ4v) is 5.27. The number of piperidine rings is 1. The average molecular weight is 602 g/mol. The number of anilines is 1. The van der Waals surface area contributed by atoms with E-state index in [2.05, 4.69) is 9.97 Å². The molecule has 3 amide bonds. The van der Waals surface area contributed by atoms with Gasteiger partial charge < -0.3 is 19.3 Å². The Labute approximate surface area is 257 Å². The number of hydrogen-bond donors (Lipinski definition) is 0. The van der Waals surface area contributed by atoms with Crippen molar-refractivity contribution in [3.63, 3.8) is 0 Å². The summed E-state index contributed by atoms with van der Waals surface area (Å²) in [5.41, 5.74) is 1.59. The van der Waals surface area contributed by atoms with Crippen molar-refractivity contribution in [2.75, 3.05) is 32.4 Å². The summed E-state index contributed by atoms with van der Waals surface area (Å²) in [7, 11) is 3.01. The summed E-state index contributed by atoms with van der Waals surface area (Å²) in [6.07, 6.45) is 6.16. The average Bonchev–Trinajstić information content (AvgIpc) is 3.87. The molecule has 2 aromatic carbocycles. The highest BCUT2D eigenvalue weighted by Crippen LogP contribution is 2.33. The summed E-state index contributed by atoms with van der Waals surface area (Å²) in [5, 5.41) is 1.21. The number of benzene rings is 2. The van der Waals surface area contributed by atoms with Gasteiger partial charge in [0, 0.05) is 48.7 Å². The zero-order chi connectivity index (χ0) is 31.4. The summed E-state index contributed by atoms with van der Waals surface area (Å²) >= 11 is 0. The second-order valence-corrected chi connectivity index (χ2v) is 12.0. The Balaban J connectivity index is 1.23. The molecule has 44 heavy (non-hydrogen) atoms. The zero-order valence-electron chi connectivity index (χ0n) is 25.9. The van der Waals surface area contributed by atoms with E-state index in [4.69, 9.17) is 14.3 Å². The van der Waals surface area contributed by atoms with Gasteiger partial charge in [0.1, 0.15) is 11.4 Å². The zero-order valence-corrected chi connectivity index (χ0v) is 25.9. The Bertz CT molecular complexity index is 1460. The van der Waals surface area contributed by atoms with Gasteiger partial charge in [0.05, 0.1) is 25.5 Å². The highest BCUT2D eigenvalue weighted by atomic mass is 16.7. The van der Waals surface area contributed by atoms with Gasteiger partial charge in [0.25, 0.3) is 11.8 Å². The molecule has 0 N–H and O–H groups in total. The lowest BCUT2D eigenvalue weighted by molar-refractivity contribution is 0.0142. The Morgan fingerprint density at radius 2 is 1.39 bits per heavy atom. The largest absolute Gasteiger partial charge is 0.497 e. The molecule has 3 aromatic rings. The van der Waals surface area contributed by atoms with E-state index in [1.54, 1.807) is 72.9 Å². The lowest BCUT2D eigenvalue weighted by atomic mass is 10.0. The summed E-state index contributed by atoms with van der Waals surface area (Å²) in [6.45, 7) is 6.66. The topological polar surface area (TPSA) is 114 Å². The van der Waals surface area contributed by atoms with Crippen LogP contribution in [-0.4, -0.2) is 82.7 Å². The first-order valence-corrected chi connectivity index (χ1v) is 14.8. The van der Waals surface area contributed by atoms with Crippen molar-refractivity contribution < 1.29 is 28.7 Å². The second-order valence-electron chi connectivity index (χ2n) is 12.0. The standard InChI is InChI=1S/C33H39N5O6/c1-33(2,3)44-32(41)36-18-16-26(17-19-36)37(25-10-11-25)30(39)24-20-34-29(35-21-24)22-6-8-23(9-7-22)31(40)38(43-5)27-12-14-28(42-4)15-13-27/h6-9,12-15,20-21,25-26H,10-11,16-19H2,1-5H3. The molecule has 0 spiro atoms. The van der Waals surface area contributed by atoms with Gasteiger partial charge in [-0.25, -0.2) is 14.8 Å². The Morgan fingerprint density at radius 3 is 1.91 bits per heavy atom. The molecule has 11 heteroatoms. The van der Waals surface area contributed by atoms with Crippen LogP contribution in [0.4, 0.5) is 10.5 Å². The van der Waals surface area contributed by atoms with Crippen LogP contribution in [0.3, 0.4) is 0 Å². The minimum absolute atomic E-state index is 0.0445. The van der Waals surface area contributed by atoms with E-state index >= 15 is 0 Å². The van der Waals surface area contributed by atoms with Gasteiger partial charge in [-0.3, -0.25) is 14.4 Å². The first-order valence-electron chi connectivity index (χ1n) is 14.8. The van der Waals surface area contributed by atoms with E-state index < -0.39 is 5.60 Å². The van der Waals surface area contributed by atoms with Crippen LogP contribution in [0.15, 0.2) is 60.9 Å². The molecule has 2 heterocycles. The van der Waals surface area contributed by atoms with Crippen molar-refractivity contribution in [2.24, 2.45) is 0 Å². The van der Waals surface area contributed by atoms with E-state index in [0.29, 0.717) is 59.9 Å². The number of hydroxylamine groups is 1. The minimum Gasteiger partial charge on any atom is -0.497 e. The van der Waals surface area contributed by atoms with Crippen LogP contribution in [0.1, 0.15) is 67.2 Å². The first-order chi connectivity index (χ1) is 21.1. The molecule has 1 saturated carbocycles. The molecule has 11 nitrogen and oxygen atoms in total. The van der Waals surface area contributed by atoms with Gasteiger partial charge in [-0.2, -0.15) is 5.06 Å². The Kier molecular flexibility index (Phi) is 9.14. The molecule has 232 valence electrons. The lowest BCUT2D eigenvalue weighted by Crippen LogP contribution is -2.50. The maximum atomic E-state index is 13.6. The van der Waals surface area contributed by atoms with Crippen LogP contribution in [0.25, 0.3) is 11.4 Å². The van der Waals surface area contributed by atoms with Gasteiger partial charge in [-0.1, -0.05) is 12.1 Å². The molecule has 1 aliphatic heterocycles. The Morgan fingerprint density at radius 1 is 0.795 bits per heavy atom. The normalized spacial score (nSPS) is 15.4. The van der Waals surface area contributed by atoms with Gasteiger partial charge >= 0.3 is 6.09 Å². The molecule has 0 bridgehead atoms. The third kappa shape index (κ3) is 7.16. The van der Waals surface area contributed by atoms with E-state index in [9.17, 15) is 14.4 Å². The van der Waals surface area contributed by atoms with Gasteiger partial charge in [0.15, 0.2) is 5.82 Å². The molecule has 2 aliphatic rings. The summed E-state index contributed by atoms with van der Waals surface area (Å²) in [5.74, 6) is 0.704.